The molecule has 144 valence electrons. The number of aromatic nitrogens is 2. The summed E-state index contributed by atoms with van der Waals surface area (Å²) < 4.78 is 1.99. The molecule has 4 heterocycles. The molecule has 5 rings (SSSR count). The first-order valence-electron chi connectivity index (χ1n) is 9.71. The third kappa shape index (κ3) is 2.81. The molecule has 0 aliphatic carbocycles. The Morgan fingerprint density at radius 2 is 2.14 bits per heavy atom. The molecule has 2 fully saturated rings. The summed E-state index contributed by atoms with van der Waals surface area (Å²) in [6.07, 6.45) is 1.75. The molecule has 0 saturated carbocycles. The molecule has 7 heteroatoms. The highest BCUT2D eigenvalue weighted by atomic mass is 32.1. The lowest BCUT2D eigenvalue weighted by molar-refractivity contribution is -0.123. The number of piperidine rings is 1. The van der Waals surface area contributed by atoms with Crippen LogP contribution < -0.4 is 5.32 Å². The van der Waals surface area contributed by atoms with Crippen molar-refractivity contribution in [2.45, 2.75) is 32.4 Å². The zero-order valence-corrected chi connectivity index (χ0v) is 16.5. The number of carbonyl (C=O) groups is 2. The number of aryl methyl sites for hydroxylation is 1. The molecule has 1 N–H and O–H groups in total. The number of hydrogen-bond acceptors (Lipinski definition) is 4. The maximum Gasteiger partial charge on any atom is 0.264 e. The second-order valence-corrected chi connectivity index (χ2v) is 8.65. The smallest absolute Gasteiger partial charge is 0.264 e. The number of amides is 2. The van der Waals surface area contributed by atoms with Gasteiger partial charge in [0.2, 0.25) is 5.91 Å². The summed E-state index contributed by atoms with van der Waals surface area (Å²) in [7, 11) is 0. The van der Waals surface area contributed by atoms with Crippen molar-refractivity contribution in [1.82, 2.24) is 20.0 Å². The number of nitrogens with zero attached hydrogens (tertiary/aromatic N) is 3. The summed E-state index contributed by atoms with van der Waals surface area (Å²) in [4.78, 5) is 28.9. The Bertz CT molecular complexity index is 1060. The van der Waals surface area contributed by atoms with Crippen LogP contribution in [0, 0.1) is 12.8 Å². The molecule has 2 saturated heterocycles. The zero-order valence-electron chi connectivity index (χ0n) is 15.7. The SMILES string of the molecule is Cc1nn(Cc2ccccc2)c2sc(C(=O)N3CCC[C@H]4C(=O)NC[C@H]43)cc12. The molecule has 0 spiro atoms. The number of nitrogens with one attached hydrogen (secondary N) is 1. The van der Waals surface area contributed by atoms with Crippen LogP contribution in [0.25, 0.3) is 10.2 Å². The average molecular weight is 395 g/mol. The Balaban J connectivity index is 1.46. The number of hydrogen-bond donors (Lipinski definition) is 1. The van der Waals surface area contributed by atoms with Crippen molar-refractivity contribution >= 4 is 33.4 Å². The molecule has 0 bridgehead atoms. The van der Waals surface area contributed by atoms with Gasteiger partial charge in [-0.05, 0) is 31.4 Å². The van der Waals surface area contributed by atoms with Crippen molar-refractivity contribution in [3.05, 3.63) is 52.5 Å². The molecule has 1 aromatic carbocycles. The molecule has 2 atom stereocenters. The molecule has 0 unspecified atom stereocenters. The number of fused-ring (bicyclic) bond motifs is 2. The summed E-state index contributed by atoms with van der Waals surface area (Å²) >= 11 is 1.50. The van der Waals surface area contributed by atoms with Crippen LogP contribution in [0.4, 0.5) is 0 Å². The summed E-state index contributed by atoms with van der Waals surface area (Å²) in [5.41, 5.74) is 2.12. The predicted molar refractivity (Wildman–Crippen MR) is 108 cm³/mol. The van der Waals surface area contributed by atoms with E-state index in [0.29, 0.717) is 13.1 Å². The van der Waals surface area contributed by atoms with Gasteiger partial charge in [-0.15, -0.1) is 11.3 Å². The second kappa shape index (κ2) is 6.74. The third-order valence-electron chi connectivity index (χ3n) is 5.86. The fourth-order valence-electron chi connectivity index (χ4n) is 4.43. The van der Waals surface area contributed by atoms with E-state index in [1.165, 1.54) is 16.9 Å². The molecular weight excluding hydrogens is 372 g/mol. The Kier molecular flexibility index (Phi) is 4.19. The summed E-state index contributed by atoms with van der Waals surface area (Å²) in [6.45, 7) is 3.97. The van der Waals surface area contributed by atoms with Gasteiger partial charge in [-0.2, -0.15) is 5.10 Å². The van der Waals surface area contributed by atoms with Crippen LogP contribution in [0.5, 0.6) is 0 Å². The molecule has 2 aromatic heterocycles. The number of thiophene rings is 1. The summed E-state index contributed by atoms with van der Waals surface area (Å²) in [6, 6.07) is 12.2. The van der Waals surface area contributed by atoms with Gasteiger partial charge in [-0.3, -0.25) is 14.3 Å². The Morgan fingerprint density at radius 3 is 2.96 bits per heavy atom. The first-order chi connectivity index (χ1) is 13.6. The normalized spacial score (nSPS) is 21.8. The van der Waals surface area contributed by atoms with Crippen LogP contribution in [0.3, 0.4) is 0 Å². The number of rotatable bonds is 3. The highest BCUT2D eigenvalue weighted by Gasteiger charge is 2.43. The zero-order chi connectivity index (χ0) is 19.3. The van der Waals surface area contributed by atoms with Crippen LogP contribution in [0.15, 0.2) is 36.4 Å². The lowest BCUT2D eigenvalue weighted by Gasteiger charge is -2.35. The van der Waals surface area contributed by atoms with Crippen molar-refractivity contribution in [2.24, 2.45) is 5.92 Å². The topological polar surface area (TPSA) is 67.2 Å². The van der Waals surface area contributed by atoms with E-state index in [-0.39, 0.29) is 23.8 Å². The van der Waals surface area contributed by atoms with Gasteiger partial charge in [-0.25, -0.2) is 0 Å². The van der Waals surface area contributed by atoms with Crippen molar-refractivity contribution < 1.29 is 9.59 Å². The monoisotopic (exact) mass is 394 g/mol. The van der Waals surface area contributed by atoms with Gasteiger partial charge in [0.05, 0.1) is 29.1 Å². The van der Waals surface area contributed by atoms with Crippen LogP contribution in [-0.4, -0.2) is 45.6 Å². The van der Waals surface area contributed by atoms with Crippen LogP contribution in [0.1, 0.15) is 33.8 Å². The molecule has 2 aliphatic rings. The van der Waals surface area contributed by atoms with E-state index in [4.69, 9.17) is 0 Å². The fraction of sp³-hybridized carbons (Fsp3) is 0.381. The van der Waals surface area contributed by atoms with Crippen LogP contribution in [0.2, 0.25) is 0 Å². The van der Waals surface area contributed by atoms with E-state index in [1.54, 1.807) is 0 Å². The maximum atomic E-state index is 13.3. The van der Waals surface area contributed by atoms with E-state index in [9.17, 15) is 9.59 Å². The summed E-state index contributed by atoms with van der Waals surface area (Å²) in [5, 5.41) is 8.63. The van der Waals surface area contributed by atoms with Crippen LogP contribution in [-0.2, 0) is 11.3 Å². The van der Waals surface area contributed by atoms with Gasteiger partial charge in [0.25, 0.3) is 5.91 Å². The minimum absolute atomic E-state index is 0.0131. The minimum Gasteiger partial charge on any atom is -0.354 e. The van der Waals surface area contributed by atoms with Crippen molar-refractivity contribution in [3.63, 3.8) is 0 Å². The number of likely N-dealkylation sites (tertiary alicyclic amines) is 1. The largest absolute Gasteiger partial charge is 0.354 e. The van der Waals surface area contributed by atoms with E-state index < -0.39 is 0 Å². The Hall–Kier alpha value is -2.67. The molecule has 6 nitrogen and oxygen atoms in total. The molecule has 28 heavy (non-hydrogen) atoms. The van der Waals surface area contributed by atoms with Gasteiger partial charge in [0, 0.05) is 18.5 Å². The molecular formula is C21H22N4O2S. The van der Waals surface area contributed by atoms with Gasteiger partial charge < -0.3 is 10.2 Å². The molecule has 2 aliphatic heterocycles. The highest BCUT2D eigenvalue weighted by Crippen LogP contribution is 2.33. The summed E-state index contributed by atoms with van der Waals surface area (Å²) in [5.74, 6) is 0.0774. The van der Waals surface area contributed by atoms with Crippen LogP contribution >= 0.6 is 11.3 Å². The van der Waals surface area contributed by atoms with Gasteiger partial charge in [0.1, 0.15) is 4.83 Å². The van der Waals surface area contributed by atoms with E-state index in [2.05, 4.69) is 22.5 Å². The first-order valence-corrected chi connectivity index (χ1v) is 10.5. The Labute approximate surface area is 167 Å². The predicted octanol–water partition coefficient (Wildman–Crippen LogP) is 2.81. The molecule has 0 radical (unpaired) electrons. The number of benzene rings is 1. The second-order valence-electron chi connectivity index (χ2n) is 7.62. The lowest BCUT2D eigenvalue weighted by Crippen LogP contribution is -2.48. The maximum absolute atomic E-state index is 13.3. The molecule has 2 amide bonds. The minimum atomic E-state index is -0.0533. The highest BCUT2D eigenvalue weighted by molar-refractivity contribution is 7.20. The van der Waals surface area contributed by atoms with E-state index in [0.717, 1.165) is 40.2 Å². The van der Waals surface area contributed by atoms with E-state index >= 15 is 0 Å². The van der Waals surface area contributed by atoms with Crippen molar-refractivity contribution in [3.8, 4) is 0 Å². The third-order valence-corrected chi connectivity index (χ3v) is 6.99. The molecule has 3 aromatic rings. The number of carbonyl (C=O) groups excluding carboxylic acids is 2. The van der Waals surface area contributed by atoms with Crippen molar-refractivity contribution in [2.75, 3.05) is 13.1 Å². The fourth-order valence-corrected chi connectivity index (χ4v) is 5.54. The van der Waals surface area contributed by atoms with Crippen molar-refractivity contribution in [1.29, 1.82) is 0 Å². The standard InChI is InChI=1S/C21H22N4O2S/c1-13-16-10-18(20(27)24-9-5-8-15-17(24)11-22-19(15)26)28-21(16)25(23-13)12-14-6-3-2-4-7-14/h2-4,6-7,10,15,17H,5,8-9,11-12H2,1H3,(H,22,26)/t15-,17-/m1/s1. The van der Waals surface area contributed by atoms with Gasteiger partial charge in [0.15, 0.2) is 0 Å². The van der Waals surface area contributed by atoms with Gasteiger partial charge >= 0.3 is 0 Å². The Morgan fingerprint density at radius 1 is 1.32 bits per heavy atom. The first kappa shape index (κ1) is 17.4. The lowest BCUT2D eigenvalue weighted by atomic mass is 9.91. The van der Waals surface area contributed by atoms with Gasteiger partial charge in [-0.1, -0.05) is 30.3 Å². The average Bonchev–Trinajstić information content (AvgIpc) is 3.39. The quantitative estimate of drug-likeness (QED) is 0.743. The van der Waals surface area contributed by atoms with E-state index in [1.807, 2.05) is 40.8 Å².